The van der Waals surface area contributed by atoms with Crippen LogP contribution in [-0.4, -0.2) is 13.2 Å². The molecule has 13 heavy (non-hydrogen) atoms. The Morgan fingerprint density at radius 3 is 2.69 bits per heavy atom. The van der Waals surface area contributed by atoms with Gasteiger partial charge in [0, 0.05) is 18.4 Å². The van der Waals surface area contributed by atoms with Gasteiger partial charge in [0.05, 0.1) is 12.7 Å². The molecule has 2 heteroatoms. The fourth-order valence-corrected chi connectivity index (χ4v) is 1.66. The van der Waals surface area contributed by atoms with Gasteiger partial charge in [-0.15, -0.1) is 0 Å². The molecule has 2 nitrogen and oxygen atoms in total. The van der Waals surface area contributed by atoms with Gasteiger partial charge in [0.2, 0.25) is 0 Å². The second kappa shape index (κ2) is 3.67. The van der Waals surface area contributed by atoms with E-state index in [2.05, 4.69) is 6.07 Å². The summed E-state index contributed by atoms with van der Waals surface area (Å²) in [5.41, 5.74) is 0.276. The Morgan fingerprint density at radius 1 is 1.38 bits per heavy atom. The van der Waals surface area contributed by atoms with Crippen LogP contribution in [0.25, 0.3) is 0 Å². The first-order valence-corrected chi connectivity index (χ1v) is 5.29. The largest absolute Gasteiger partial charge is 0.381 e. The van der Waals surface area contributed by atoms with Crippen LogP contribution in [-0.2, 0) is 4.74 Å². The van der Waals surface area contributed by atoms with Crippen molar-refractivity contribution >= 4 is 0 Å². The van der Waals surface area contributed by atoms with Gasteiger partial charge < -0.3 is 4.74 Å². The number of hydrogen-bond donors (Lipinski definition) is 0. The van der Waals surface area contributed by atoms with Crippen LogP contribution in [0.15, 0.2) is 0 Å². The van der Waals surface area contributed by atoms with Gasteiger partial charge in [-0.05, 0) is 25.2 Å². The van der Waals surface area contributed by atoms with Crippen molar-refractivity contribution in [2.75, 3.05) is 13.2 Å². The molecule has 0 aromatic carbocycles. The SMILES string of the molecule is N#CCC1(COCCC2CC2)CC1. The zero-order valence-electron chi connectivity index (χ0n) is 8.09. The summed E-state index contributed by atoms with van der Waals surface area (Å²) in [5, 5.41) is 8.59. The van der Waals surface area contributed by atoms with E-state index < -0.39 is 0 Å². The standard InChI is InChI=1S/C11H17NO/c12-7-6-11(4-5-11)9-13-8-3-10-1-2-10/h10H,1-6,8-9H2. The van der Waals surface area contributed by atoms with E-state index in [9.17, 15) is 0 Å². The summed E-state index contributed by atoms with van der Waals surface area (Å²) in [6.45, 7) is 1.74. The number of ether oxygens (including phenoxy) is 1. The third-order valence-corrected chi connectivity index (χ3v) is 3.19. The number of nitriles is 1. The highest BCUT2D eigenvalue weighted by Gasteiger charge is 2.42. The first kappa shape index (κ1) is 9.02. The van der Waals surface area contributed by atoms with E-state index in [1.807, 2.05) is 0 Å². The van der Waals surface area contributed by atoms with Crippen molar-refractivity contribution in [3.63, 3.8) is 0 Å². The lowest BCUT2D eigenvalue weighted by Gasteiger charge is -2.10. The Hall–Kier alpha value is -0.550. The van der Waals surface area contributed by atoms with Crippen molar-refractivity contribution in [3.05, 3.63) is 0 Å². The maximum absolute atomic E-state index is 8.59. The predicted octanol–water partition coefficient (Wildman–Crippen LogP) is 2.50. The molecule has 2 rings (SSSR count). The maximum atomic E-state index is 8.59. The molecule has 72 valence electrons. The first-order valence-electron chi connectivity index (χ1n) is 5.29. The van der Waals surface area contributed by atoms with Crippen LogP contribution in [0, 0.1) is 22.7 Å². The predicted molar refractivity (Wildman–Crippen MR) is 50.1 cm³/mol. The smallest absolute Gasteiger partial charge is 0.0628 e. The summed E-state index contributed by atoms with van der Waals surface area (Å²) in [7, 11) is 0. The van der Waals surface area contributed by atoms with Gasteiger partial charge in [0.25, 0.3) is 0 Å². The topological polar surface area (TPSA) is 33.0 Å². The first-order chi connectivity index (χ1) is 6.35. The summed E-state index contributed by atoms with van der Waals surface area (Å²) >= 11 is 0. The van der Waals surface area contributed by atoms with E-state index in [-0.39, 0.29) is 5.41 Å². The average Bonchev–Trinajstić information content (AvgIpc) is 2.95. The summed E-state index contributed by atoms with van der Waals surface area (Å²) in [6, 6.07) is 2.25. The Balaban J connectivity index is 1.54. The van der Waals surface area contributed by atoms with Crippen molar-refractivity contribution in [2.45, 2.75) is 38.5 Å². The molecule has 2 aliphatic carbocycles. The second-order valence-electron chi connectivity index (χ2n) is 4.62. The highest BCUT2D eigenvalue weighted by Crippen LogP contribution is 2.48. The van der Waals surface area contributed by atoms with E-state index in [1.165, 1.54) is 32.1 Å². The molecule has 0 radical (unpaired) electrons. The van der Waals surface area contributed by atoms with Crippen molar-refractivity contribution in [1.29, 1.82) is 5.26 Å². The van der Waals surface area contributed by atoms with Crippen molar-refractivity contribution in [2.24, 2.45) is 11.3 Å². The normalized spacial score (nSPS) is 23.9. The van der Waals surface area contributed by atoms with Crippen molar-refractivity contribution in [3.8, 4) is 6.07 Å². The molecule has 0 N–H and O–H groups in total. The highest BCUT2D eigenvalue weighted by atomic mass is 16.5. The van der Waals surface area contributed by atoms with Gasteiger partial charge >= 0.3 is 0 Å². The molecular weight excluding hydrogens is 162 g/mol. The Kier molecular flexibility index (Phi) is 2.55. The van der Waals surface area contributed by atoms with Crippen molar-refractivity contribution in [1.82, 2.24) is 0 Å². The van der Waals surface area contributed by atoms with E-state index in [0.717, 1.165) is 19.1 Å². The molecule has 0 aliphatic heterocycles. The number of rotatable bonds is 6. The molecular formula is C11H17NO. The van der Waals surface area contributed by atoms with Crippen LogP contribution >= 0.6 is 0 Å². The third kappa shape index (κ3) is 2.70. The molecule has 0 bridgehead atoms. The fourth-order valence-electron chi connectivity index (χ4n) is 1.66. The third-order valence-electron chi connectivity index (χ3n) is 3.19. The lowest BCUT2D eigenvalue weighted by Crippen LogP contribution is -2.10. The van der Waals surface area contributed by atoms with Crippen LogP contribution in [0.1, 0.15) is 38.5 Å². The van der Waals surface area contributed by atoms with Gasteiger partial charge in [0.1, 0.15) is 0 Å². The summed E-state index contributed by atoms with van der Waals surface area (Å²) in [5.74, 6) is 0.964. The molecule has 2 fully saturated rings. The molecule has 0 heterocycles. The second-order valence-corrected chi connectivity index (χ2v) is 4.62. The van der Waals surface area contributed by atoms with E-state index in [0.29, 0.717) is 6.42 Å². The fraction of sp³-hybridized carbons (Fsp3) is 0.909. The molecule has 2 aliphatic rings. The van der Waals surface area contributed by atoms with Gasteiger partial charge in [0.15, 0.2) is 0 Å². The molecule has 0 saturated heterocycles. The molecule has 0 aromatic rings. The van der Waals surface area contributed by atoms with Crippen LogP contribution in [0.5, 0.6) is 0 Å². The minimum Gasteiger partial charge on any atom is -0.381 e. The minimum absolute atomic E-state index is 0.276. The average molecular weight is 179 g/mol. The summed E-state index contributed by atoms with van der Waals surface area (Å²) < 4.78 is 5.61. The summed E-state index contributed by atoms with van der Waals surface area (Å²) in [6.07, 6.45) is 7.15. The zero-order valence-corrected chi connectivity index (χ0v) is 8.09. The molecule has 0 unspecified atom stereocenters. The Bertz CT molecular complexity index is 211. The van der Waals surface area contributed by atoms with Crippen LogP contribution in [0.2, 0.25) is 0 Å². The minimum atomic E-state index is 0.276. The van der Waals surface area contributed by atoms with Gasteiger partial charge in [-0.2, -0.15) is 5.26 Å². The maximum Gasteiger partial charge on any atom is 0.0628 e. The van der Waals surface area contributed by atoms with E-state index >= 15 is 0 Å². The lowest BCUT2D eigenvalue weighted by atomic mass is 10.1. The van der Waals surface area contributed by atoms with E-state index in [1.54, 1.807) is 0 Å². The molecule has 0 aromatic heterocycles. The van der Waals surface area contributed by atoms with Gasteiger partial charge in [-0.25, -0.2) is 0 Å². The van der Waals surface area contributed by atoms with Gasteiger partial charge in [-0.1, -0.05) is 12.8 Å². The summed E-state index contributed by atoms with van der Waals surface area (Å²) in [4.78, 5) is 0. The Labute approximate surface area is 79.9 Å². The monoisotopic (exact) mass is 179 g/mol. The van der Waals surface area contributed by atoms with Crippen LogP contribution in [0.3, 0.4) is 0 Å². The molecule has 0 amide bonds. The highest BCUT2D eigenvalue weighted by molar-refractivity contribution is 4.99. The Morgan fingerprint density at radius 2 is 2.15 bits per heavy atom. The van der Waals surface area contributed by atoms with E-state index in [4.69, 9.17) is 10.00 Å². The number of hydrogen-bond acceptors (Lipinski definition) is 2. The van der Waals surface area contributed by atoms with Crippen LogP contribution in [0.4, 0.5) is 0 Å². The number of nitrogens with zero attached hydrogens (tertiary/aromatic N) is 1. The van der Waals surface area contributed by atoms with Gasteiger partial charge in [-0.3, -0.25) is 0 Å². The zero-order chi connectivity index (χ0) is 9.15. The molecule has 2 saturated carbocycles. The molecule has 0 atom stereocenters. The lowest BCUT2D eigenvalue weighted by molar-refractivity contribution is 0.0872. The molecule has 0 spiro atoms. The van der Waals surface area contributed by atoms with Crippen molar-refractivity contribution < 1.29 is 4.74 Å². The van der Waals surface area contributed by atoms with Crippen LogP contribution < -0.4 is 0 Å². The quantitative estimate of drug-likeness (QED) is 0.587.